The van der Waals surface area contributed by atoms with Crippen molar-refractivity contribution in [2.45, 2.75) is 37.1 Å². The van der Waals surface area contributed by atoms with Crippen LogP contribution in [0.1, 0.15) is 6.92 Å². The van der Waals surface area contributed by atoms with E-state index in [1.807, 2.05) is 0 Å². The van der Waals surface area contributed by atoms with Crippen molar-refractivity contribution in [3.8, 4) is 0 Å². The molecule has 0 aliphatic carbocycles. The molecule has 1 saturated heterocycles. The van der Waals surface area contributed by atoms with Crippen molar-refractivity contribution in [1.29, 1.82) is 0 Å². The Labute approximate surface area is 98.1 Å². The van der Waals surface area contributed by atoms with E-state index >= 15 is 0 Å². The van der Waals surface area contributed by atoms with Crippen LogP contribution in [0.4, 0.5) is 0 Å². The van der Waals surface area contributed by atoms with Gasteiger partial charge in [0.25, 0.3) is 0 Å². The van der Waals surface area contributed by atoms with E-state index in [0.29, 0.717) is 0 Å². The molecular formula is C10H17NO6. The molecule has 0 aromatic heterocycles. The average Bonchev–Trinajstić information content (AvgIpc) is 2.30. The first kappa shape index (κ1) is 14.2. The van der Waals surface area contributed by atoms with Gasteiger partial charge in [0.05, 0.1) is 12.6 Å². The lowest BCUT2D eigenvalue weighted by molar-refractivity contribution is -0.295. The summed E-state index contributed by atoms with van der Waals surface area (Å²) in [5.41, 5.74) is 5.46. The highest BCUT2D eigenvalue weighted by Gasteiger charge is 2.55. The molecule has 1 unspecified atom stereocenters. The molecule has 1 fully saturated rings. The van der Waals surface area contributed by atoms with Gasteiger partial charge in [-0.25, -0.2) is 0 Å². The van der Waals surface area contributed by atoms with Gasteiger partial charge in [0, 0.05) is 0 Å². The summed E-state index contributed by atoms with van der Waals surface area (Å²) in [6, 6.07) is -1.52. The molecule has 5 atom stereocenters. The van der Waals surface area contributed by atoms with Crippen LogP contribution in [-0.2, 0) is 9.53 Å². The van der Waals surface area contributed by atoms with Crippen molar-refractivity contribution in [2.24, 2.45) is 5.73 Å². The lowest BCUT2D eigenvalue weighted by Gasteiger charge is -2.45. The predicted octanol–water partition coefficient (Wildman–Crippen LogP) is -2.74. The first-order chi connectivity index (χ1) is 7.75. The van der Waals surface area contributed by atoms with Gasteiger partial charge in [0.15, 0.2) is 0 Å². The Hall–Kier alpha value is -0.830. The lowest BCUT2D eigenvalue weighted by Crippen LogP contribution is -2.71. The molecule has 98 valence electrons. The molecule has 0 spiro atoms. The number of carbonyl (C=O) groups excluding carboxylic acids is 1. The maximum Gasteiger partial charge on any atom is 0.249 e. The first-order valence-electron chi connectivity index (χ1n) is 5.08. The molecule has 7 nitrogen and oxygen atoms in total. The SMILES string of the molecule is C=C(C)C(=O)C1(O)O[C@H](CO)[C@@H](O)[C@H](O)[C@H]1N. The van der Waals surface area contributed by atoms with Crippen LogP contribution < -0.4 is 5.73 Å². The van der Waals surface area contributed by atoms with E-state index in [2.05, 4.69) is 6.58 Å². The molecule has 7 heteroatoms. The zero-order chi connectivity index (χ0) is 13.4. The molecule has 0 aromatic rings. The zero-order valence-corrected chi connectivity index (χ0v) is 9.41. The van der Waals surface area contributed by atoms with Crippen LogP contribution in [0.3, 0.4) is 0 Å². The fraction of sp³-hybridized carbons (Fsp3) is 0.700. The lowest BCUT2D eigenvalue weighted by atomic mass is 9.87. The molecule has 17 heavy (non-hydrogen) atoms. The summed E-state index contributed by atoms with van der Waals surface area (Å²) < 4.78 is 4.90. The van der Waals surface area contributed by atoms with Crippen molar-refractivity contribution in [3.63, 3.8) is 0 Å². The Morgan fingerprint density at radius 2 is 2.00 bits per heavy atom. The topological polar surface area (TPSA) is 133 Å². The molecule has 0 aromatic carbocycles. The Morgan fingerprint density at radius 1 is 1.47 bits per heavy atom. The fourth-order valence-corrected chi connectivity index (χ4v) is 1.70. The summed E-state index contributed by atoms with van der Waals surface area (Å²) >= 11 is 0. The van der Waals surface area contributed by atoms with Gasteiger partial charge in [0.1, 0.15) is 18.3 Å². The number of hydrogen-bond donors (Lipinski definition) is 5. The Kier molecular flexibility index (Phi) is 4.03. The average molecular weight is 247 g/mol. The van der Waals surface area contributed by atoms with E-state index < -0.39 is 42.5 Å². The second kappa shape index (κ2) is 4.81. The number of aliphatic hydroxyl groups is 4. The minimum Gasteiger partial charge on any atom is -0.394 e. The molecule has 1 aliphatic rings. The predicted molar refractivity (Wildman–Crippen MR) is 56.7 cm³/mol. The van der Waals surface area contributed by atoms with Gasteiger partial charge < -0.3 is 30.9 Å². The van der Waals surface area contributed by atoms with Crippen LogP contribution in [0.25, 0.3) is 0 Å². The van der Waals surface area contributed by atoms with E-state index in [4.69, 9.17) is 15.6 Å². The Bertz CT molecular complexity index is 331. The number of aliphatic hydroxyl groups excluding tert-OH is 3. The summed E-state index contributed by atoms with van der Waals surface area (Å²) in [6.45, 7) is 4.03. The summed E-state index contributed by atoms with van der Waals surface area (Å²) in [4.78, 5) is 11.7. The molecule has 1 aliphatic heterocycles. The molecule has 1 rings (SSSR count). The molecule has 0 saturated carbocycles. The third-order valence-electron chi connectivity index (χ3n) is 2.77. The summed E-state index contributed by atoms with van der Waals surface area (Å²) in [7, 11) is 0. The van der Waals surface area contributed by atoms with Crippen molar-refractivity contribution >= 4 is 5.78 Å². The summed E-state index contributed by atoms with van der Waals surface area (Å²) in [5.74, 6) is -3.38. The van der Waals surface area contributed by atoms with Crippen molar-refractivity contribution in [2.75, 3.05) is 6.61 Å². The number of hydrogen-bond acceptors (Lipinski definition) is 7. The largest absolute Gasteiger partial charge is 0.394 e. The maximum absolute atomic E-state index is 11.7. The Balaban J connectivity index is 3.07. The second-order valence-corrected chi connectivity index (χ2v) is 4.15. The van der Waals surface area contributed by atoms with Gasteiger partial charge >= 0.3 is 0 Å². The van der Waals surface area contributed by atoms with Gasteiger partial charge in [-0.2, -0.15) is 0 Å². The van der Waals surface area contributed by atoms with Gasteiger partial charge in [-0.15, -0.1) is 0 Å². The quantitative estimate of drug-likeness (QED) is 0.342. The van der Waals surface area contributed by atoms with E-state index in [9.17, 15) is 20.1 Å². The van der Waals surface area contributed by atoms with Crippen LogP contribution >= 0.6 is 0 Å². The van der Waals surface area contributed by atoms with Crippen molar-refractivity contribution in [3.05, 3.63) is 12.2 Å². The third-order valence-corrected chi connectivity index (χ3v) is 2.77. The highest BCUT2D eigenvalue weighted by atomic mass is 16.7. The van der Waals surface area contributed by atoms with Crippen LogP contribution in [-0.4, -0.2) is 63.0 Å². The van der Waals surface area contributed by atoms with Crippen LogP contribution in [0.2, 0.25) is 0 Å². The molecule has 0 radical (unpaired) electrons. The number of nitrogens with two attached hydrogens (primary N) is 1. The van der Waals surface area contributed by atoms with E-state index in [1.54, 1.807) is 0 Å². The Morgan fingerprint density at radius 3 is 2.41 bits per heavy atom. The minimum absolute atomic E-state index is 0.0109. The highest BCUT2D eigenvalue weighted by Crippen LogP contribution is 2.29. The number of ether oxygens (including phenoxy) is 1. The number of Topliss-reactive ketones (excluding diaryl/α,β-unsaturated/α-hetero) is 1. The van der Waals surface area contributed by atoms with Gasteiger partial charge in [-0.05, 0) is 12.5 Å². The van der Waals surface area contributed by atoms with Gasteiger partial charge in [-0.3, -0.25) is 4.79 Å². The number of ketones is 1. The number of carbonyl (C=O) groups is 1. The fourth-order valence-electron chi connectivity index (χ4n) is 1.70. The monoisotopic (exact) mass is 247 g/mol. The first-order valence-corrected chi connectivity index (χ1v) is 5.08. The van der Waals surface area contributed by atoms with E-state index in [1.165, 1.54) is 6.92 Å². The van der Waals surface area contributed by atoms with Crippen LogP contribution in [0, 0.1) is 0 Å². The van der Waals surface area contributed by atoms with Crippen LogP contribution in [0.5, 0.6) is 0 Å². The second-order valence-electron chi connectivity index (χ2n) is 4.15. The zero-order valence-electron chi connectivity index (χ0n) is 9.41. The minimum atomic E-state index is -2.49. The van der Waals surface area contributed by atoms with Gasteiger partial charge in [-0.1, -0.05) is 6.58 Å². The van der Waals surface area contributed by atoms with Crippen LogP contribution in [0.15, 0.2) is 12.2 Å². The van der Waals surface area contributed by atoms with E-state index in [0.717, 1.165) is 0 Å². The standard InChI is InChI=1S/C10H17NO6/c1-4(2)9(15)10(16)8(11)7(14)6(13)5(3-12)17-10/h5-8,12-14,16H,1,3,11H2,2H3/t5-,6-,7+,8-,10?/m1/s1. The maximum atomic E-state index is 11.7. The molecular weight excluding hydrogens is 230 g/mol. The normalized spacial score (nSPS) is 42.2. The summed E-state index contributed by atoms with van der Waals surface area (Å²) in [6.07, 6.45) is -4.36. The smallest absolute Gasteiger partial charge is 0.249 e. The highest BCUT2D eigenvalue weighted by molar-refractivity contribution is 6.00. The molecule has 0 amide bonds. The number of rotatable bonds is 3. The molecule has 0 bridgehead atoms. The molecule has 1 heterocycles. The van der Waals surface area contributed by atoms with Gasteiger partial charge in [0.2, 0.25) is 11.6 Å². The van der Waals surface area contributed by atoms with Crippen molar-refractivity contribution < 1.29 is 30.0 Å². The molecule has 6 N–H and O–H groups in total. The van der Waals surface area contributed by atoms with Crippen molar-refractivity contribution in [1.82, 2.24) is 0 Å². The third kappa shape index (κ3) is 2.25. The summed E-state index contributed by atoms with van der Waals surface area (Å²) in [5, 5.41) is 38.1. The van der Waals surface area contributed by atoms with E-state index in [-0.39, 0.29) is 5.57 Å².